The highest BCUT2D eigenvalue weighted by atomic mass is 35.5. The Morgan fingerprint density at radius 2 is 1.86 bits per heavy atom. The lowest BCUT2D eigenvalue weighted by molar-refractivity contribution is -0.174. The topological polar surface area (TPSA) is 72.5 Å². The second kappa shape index (κ2) is 7.10. The van der Waals surface area contributed by atoms with E-state index in [1.54, 1.807) is 0 Å². The van der Waals surface area contributed by atoms with Gasteiger partial charge in [0.05, 0.1) is 12.2 Å². The maximum atomic E-state index is 13.7. The first kappa shape index (κ1) is 20.4. The van der Waals surface area contributed by atoms with Crippen LogP contribution in [0.25, 0.3) is 0 Å². The van der Waals surface area contributed by atoms with E-state index >= 15 is 0 Å². The van der Waals surface area contributed by atoms with E-state index in [0.29, 0.717) is 12.1 Å². The summed E-state index contributed by atoms with van der Waals surface area (Å²) in [6.45, 7) is 0.928. The zero-order valence-electron chi connectivity index (χ0n) is 11.2. The summed E-state index contributed by atoms with van der Waals surface area (Å²) in [4.78, 5) is 11.1. The number of phenolic OH excluding ortho intramolecular Hbond substituents is 1. The number of esters is 1. The van der Waals surface area contributed by atoms with Gasteiger partial charge in [-0.3, -0.25) is 0 Å². The summed E-state index contributed by atoms with van der Waals surface area (Å²) in [5.74, 6) is -7.13. The van der Waals surface area contributed by atoms with Crippen LogP contribution >= 0.6 is 12.4 Å². The fourth-order valence-corrected chi connectivity index (χ4v) is 1.53. The summed E-state index contributed by atoms with van der Waals surface area (Å²) < 4.78 is 69.1. The van der Waals surface area contributed by atoms with Crippen LogP contribution in [0, 0.1) is 0 Å². The molecule has 0 saturated carbocycles. The number of nitrogens with two attached hydrogens (primary N) is 1. The number of ether oxygens (including phenoxy) is 1. The molecule has 0 unspecified atom stereocenters. The summed E-state index contributed by atoms with van der Waals surface area (Å²) in [5, 5.41) is 9.41. The molecule has 0 saturated heterocycles. The molecule has 1 rings (SSSR count). The molecule has 1 aromatic rings. The van der Waals surface area contributed by atoms with Crippen molar-refractivity contribution >= 4 is 18.4 Å². The van der Waals surface area contributed by atoms with Gasteiger partial charge in [-0.05, 0) is 25.1 Å². The summed E-state index contributed by atoms with van der Waals surface area (Å²) in [7, 11) is 0. The summed E-state index contributed by atoms with van der Waals surface area (Å²) in [6, 6.07) is -1.11. The number of alkyl halides is 5. The molecule has 0 aromatic heterocycles. The van der Waals surface area contributed by atoms with Gasteiger partial charge in [-0.15, -0.1) is 12.4 Å². The molecule has 10 heteroatoms. The van der Waals surface area contributed by atoms with Gasteiger partial charge in [-0.25, -0.2) is 4.79 Å². The minimum absolute atomic E-state index is 0. The molecule has 0 heterocycles. The average Bonchev–Trinajstić information content (AvgIpc) is 2.37. The Hall–Kier alpha value is -1.61. The third-order valence-corrected chi connectivity index (χ3v) is 2.63. The van der Waals surface area contributed by atoms with Crippen molar-refractivity contribution in [1.82, 2.24) is 0 Å². The Morgan fingerprint density at radius 3 is 2.32 bits per heavy atom. The number of rotatable bonds is 4. The first-order valence-corrected chi connectivity index (χ1v) is 5.72. The molecule has 1 aromatic carbocycles. The fourth-order valence-electron chi connectivity index (χ4n) is 1.53. The maximum absolute atomic E-state index is 13.7. The van der Waals surface area contributed by atoms with E-state index in [0.717, 1.165) is 0 Å². The maximum Gasteiger partial charge on any atom is 0.416 e. The van der Waals surface area contributed by atoms with Gasteiger partial charge in [0.2, 0.25) is 0 Å². The smallest absolute Gasteiger partial charge is 0.416 e. The molecule has 0 radical (unpaired) electrons. The van der Waals surface area contributed by atoms with Crippen molar-refractivity contribution in [2.24, 2.45) is 5.73 Å². The largest absolute Gasteiger partial charge is 0.508 e. The minimum atomic E-state index is -4.80. The summed E-state index contributed by atoms with van der Waals surface area (Å²) in [6.07, 6.45) is -4.80. The molecular weight excluding hydrogens is 337 g/mol. The van der Waals surface area contributed by atoms with Crippen LogP contribution in [-0.2, 0) is 15.7 Å². The van der Waals surface area contributed by atoms with Crippen LogP contribution in [-0.4, -0.2) is 23.6 Å². The number of halogens is 6. The van der Waals surface area contributed by atoms with Gasteiger partial charge in [-0.2, -0.15) is 22.0 Å². The molecule has 0 amide bonds. The van der Waals surface area contributed by atoms with Gasteiger partial charge in [0.15, 0.2) is 0 Å². The highest BCUT2D eigenvalue weighted by Crippen LogP contribution is 2.38. The first-order valence-electron chi connectivity index (χ1n) is 5.72. The molecular formula is C12H13ClF5NO3. The highest BCUT2D eigenvalue weighted by molar-refractivity contribution is 5.85. The molecule has 4 nitrogen and oxygen atoms in total. The minimum Gasteiger partial charge on any atom is -0.508 e. The molecule has 126 valence electrons. The van der Waals surface area contributed by atoms with Crippen LogP contribution in [0.15, 0.2) is 18.2 Å². The Bertz CT molecular complexity index is 536. The van der Waals surface area contributed by atoms with Crippen molar-refractivity contribution < 1.29 is 36.6 Å². The zero-order chi connectivity index (χ0) is 16.4. The number of carbonyl (C=O) groups excluding carboxylic acids is 1. The number of phenols is 1. The van der Waals surface area contributed by atoms with E-state index in [-0.39, 0.29) is 25.1 Å². The predicted octanol–water partition coefficient (Wildman–Crippen LogP) is 3.03. The molecule has 0 aliphatic heterocycles. The van der Waals surface area contributed by atoms with Crippen molar-refractivity contribution in [1.29, 1.82) is 0 Å². The predicted molar refractivity (Wildman–Crippen MR) is 68.9 cm³/mol. The van der Waals surface area contributed by atoms with Crippen LogP contribution in [0.2, 0.25) is 0 Å². The molecule has 0 aliphatic rings. The normalized spacial score (nSPS) is 13.2. The lowest BCUT2D eigenvalue weighted by Gasteiger charge is -2.23. The standard InChI is InChI=1S/C12H12F5NO3.ClH/c1-2-21-10(20)11(13,14)9(18)7-5-6(12(15,16)17)3-4-8(7)19;/h3-5,9,19H,2,18H2,1H3;1H/t9-;/m1./s1. The fraction of sp³-hybridized carbons (Fsp3) is 0.417. The van der Waals surface area contributed by atoms with E-state index in [1.165, 1.54) is 6.92 Å². The number of hydrogen-bond acceptors (Lipinski definition) is 4. The van der Waals surface area contributed by atoms with Gasteiger partial charge in [0, 0.05) is 5.56 Å². The Labute approximate surface area is 128 Å². The molecule has 3 N–H and O–H groups in total. The third-order valence-electron chi connectivity index (χ3n) is 2.63. The van der Waals surface area contributed by atoms with Gasteiger partial charge in [-0.1, -0.05) is 0 Å². The Balaban J connectivity index is 0.00000441. The van der Waals surface area contributed by atoms with Gasteiger partial charge in [0.1, 0.15) is 11.8 Å². The van der Waals surface area contributed by atoms with Crippen molar-refractivity contribution in [3.05, 3.63) is 29.3 Å². The number of hydrogen-bond donors (Lipinski definition) is 2. The Kier molecular flexibility index (Phi) is 6.58. The van der Waals surface area contributed by atoms with E-state index in [9.17, 15) is 31.9 Å². The number of aromatic hydroxyl groups is 1. The van der Waals surface area contributed by atoms with Crippen LogP contribution < -0.4 is 5.73 Å². The highest BCUT2D eigenvalue weighted by Gasteiger charge is 2.49. The van der Waals surface area contributed by atoms with Crippen molar-refractivity contribution in [3.8, 4) is 5.75 Å². The van der Waals surface area contributed by atoms with E-state index in [1.807, 2.05) is 0 Å². The number of carbonyl (C=O) groups is 1. The quantitative estimate of drug-likeness (QED) is 0.647. The van der Waals surface area contributed by atoms with Crippen molar-refractivity contribution in [3.63, 3.8) is 0 Å². The van der Waals surface area contributed by atoms with Crippen LogP contribution in [0.1, 0.15) is 24.1 Å². The number of benzene rings is 1. The van der Waals surface area contributed by atoms with E-state index < -0.39 is 41.0 Å². The van der Waals surface area contributed by atoms with E-state index in [4.69, 9.17) is 5.73 Å². The molecule has 0 fully saturated rings. The monoisotopic (exact) mass is 349 g/mol. The summed E-state index contributed by atoms with van der Waals surface area (Å²) >= 11 is 0. The van der Waals surface area contributed by atoms with Crippen LogP contribution in [0.5, 0.6) is 5.75 Å². The van der Waals surface area contributed by atoms with Crippen LogP contribution in [0.3, 0.4) is 0 Å². The second-order valence-electron chi connectivity index (χ2n) is 4.09. The molecule has 1 atom stereocenters. The summed E-state index contributed by atoms with van der Waals surface area (Å²) in [5.41, 5.74) is 2.97. The second-order valence-corrected chi connectivity index (χ2v) is 4.09. The Morgan fingerprint density at radius 1 is 1.32 bits per heavy atom. The van der Waals surface area contributed by atoms with Gasteiger partial charge in [0.25, 0.3) is 0 Å². The van der Waals surface area contributed by atoms with E-state index in [2.05, 4.69) is 4.74 Å². The first-order chi connectivity index (χ1) is 9.51. The van der Waals surface area contributed by atoms with Crippen LogP contribution in [0.4, 0.5) is 22.0 Å². The lowest BCUT2D eigenvalue weighted by Crippen LogP contribution is -2.41. The van der Waals surface area contributed by atoms with Crippen molar-refractivity contribution in [2.45, 2.75) is 25.1 Å². The lowest BCUT2D eigenvalue weighted by atomic mass is 9.98. The zero-order valence-corrected chi connectivity index (χ0v) is 12.0. The molecule has 0 aliphatic carbocycles. The van der Waals surface area contributed by atoms with Crippen molar-refractivity contribution in [2.75, 3.05) is 6.61 Å². The van der Waals surface area contributed by atoms with Gasteiger partial charge >= 0.3 is 18.1 Å². The van der Waals surface area contributed by atoms with Gasteiger partial charge < -0.3 is 15.6 Å². The molecule has 22 heavy (non-hydrogen) atoms. The third kappa shape index (κ3) is 4.20. The SMILES string of the molecule is CCOC(=O)C(F)(F)[C@H](N)c1cc(C(F)(F)F)ccc1O.Cl. The average molecular weight is 350 g/mol. The molecule has 0 bridgehead atoms. The molecule has 0 spiro atoms.